The lowest BCUT2D eigenvalue weighted by molar-refractivity contribution is 0.351. The summed E-state index contributed by atoms with van der Waals surface area (Å²) >= 11 is 1.78. The number of nitrogens with zero attached hydrogens (tertiary/aromatic N) is 2. The predicted molar refractivity (Wildman–Crippen MR) is 41.4 cm³/mol. The molecule has 0 spiro atoms. The number of hydrogen-bond donors (Lipinski definition) is 0. The first kappa shape index (κ1) is 8.75. The third kappa shape index (κ3) is 5.62. The summed E-state index contributed by atoms with van der Waals surface area (Å²) in [5.41, 5.74) is 0. The van der Waals surface area contributed by atoms with Gasteiger partial charge in [0.05, 0.1) is 5.29 Å². The van der Waals surface area contributed by atoms with E-state index in [0.29, 0.717) is 0 Å². The third-order valence-electron chi connectivity index (χ3n) is 0.970. The first-order valence-corrected chi connectivity index (χ1v) is 4.24. The van der Waals surface area contributed by atoms with Crippen molar-refractivity contribution in [1.29, 1.82) is 0 Å². The van der Waals surface area contributed by atoms with Gasteiger partial charge in [0.2, 0.25) is 0 Å². The van der Waals surface area contributed by atoms with Crippen LogP contribution < -0.4 is 0 Å². The molecule has 4 heteroatoms. The first-order valence-electron chi connectivity index (χ1n) is 2.84. The summed E-state index contributed by atoms with van der Waals surface area (Å²) in [5.74, 6) is 1.10. The Kier molecular flexibility index (Phi) is 5.72. The quantitative estimate of drug-likeness (QED) is 0.335. The molecule has 9 heavy (non-hydrogen) atoms. The zero-order valence-corrected chi connectivity index (χ0v) is 6.65. The Labute approximate surface area is 59.7 Å². The van der Waals surface area contributed by atoms with Crippen LogP contribution in [0.15, 0.2) is 5.29 Å². The van der Waals surface area contributed by atoms with Crippen LogP contribution in [0.1, 0.15) is 6.42 Å². The van der Waals surface area contributed by atoms with Crippen LogP contribution in [-0.2, 0) is 0 Å². The summed E-state index contributed by atoms with van der Waals surface area (Å²) < 4.78 is 0. The molecule has 0 aliphatic rings. The smallest absolute Gasteiger partial charge is 0.0521 e. The Hall–Kier alpha value is -0.250. The second kappa shape index (κ2) is 5.88. The molecule has 0 amide bonds. The van der Waals surface area contributed by atoms with E-state index in [1.807, 2.05) is 6.26 Å². The molecule has 0 saturated heterocycles. The SMILES string of the molecule is CSCCCN(C)N=O. The molecule has 0 aromatic rings. The maximum Gasteiger partial charge on any atom is 0.0521 e. The van der Waals surface area contributed by atoms with E-state index in [4.69, 9.17) is 0 Å². The summed E-state index contributed by atoms with van der Waals surface area (Å²) in [6.45, 7) is 0.768. The van der Waals surface area contributed by atoms with E-state index in [9.17, 15) is 4.91 Å². The van der Waals surface area contributed by atoms with Crippen LogP contribution in [0.4, 0.5) is 0 Å². The van der Waals surface area contributed by atoms with Gasteiger partial charge in [0, 0.05) is 13.6 Å². The molecule has 54 valence electrons. The van der Waals surface area contributed by atoms with Crippen molar-refractivity contribution in [3.05, 3.63) is 4.91 Å². The Morgan fingerprint density at radius 3 is 2.78 bits per heavy atom. The fourth-order valence-electron chi connectivity index (χ4n) is 0.479. The number of thioether (sulfide) groups is 1. The minimum absolute atomic E-state index is 0.768. The number of nitroso groups, excluding NO2 is 1. The third-order valence-corrected chi connectivity index (χ3v) is 1.67. The van der Waals surface area contributed by atoms with E-state index in [-0.39, 0.29) is 0 Å². The molecule has 0 aromatic carbocycles. The van der Waals surface area contributed by atoms with Gasteiger partial charge in [0.1, 0.15) is 0 Å². The molecule has 0 saturated carbocycles. The summed E-state index contributed by atoms with van der Waals surface area (Å²) in [6.07, 6.45) is 3.08. The van der Waals surface area contributed by atoms with Gasteiger partial charge in [0.15, 0.2) is 0 Å². The molecule has 0 atom stereocenters. The summed E-state index contributed by atoms with van der Waals surface area (Å²) in [7, 11) is 1.69. The monoisotopic (exact) mass is 148 g/mol. The highest BCUT2D eigenvalue weighted by Gasteiger charge is 1.91. The van der Waals surface area contributed by atoms with Crippen molar-refractivity contribution in [3.63, 3.8) is 0 Å². The predicted octanol–water partition coefficient (Wildman–Crippen LogP) is 1.35. The van der Waals surface area contributed by atoms with Crippen LogP contribution in [-0.4, -0.2) is 30.6 Å². The van der Waals surface area contributed by atoms with Crippen LogP contribution in [0, 0.1) is 4.91 Å². The van der Waals surface area contributed by atoms with Crippen LogP contribution >= 0.6 is 11.8 Å². The van der Waals surface area contributed by atoms with Crippen LogP contribution in [0.2, 0.25) is 0 Å². The zero-order valence-electron chi connectivity index (χ0n) is 5.83. The van der Waals surface area contributed by atoms with Gasteiger partial charge >= 0.3 is 0 Å². The first-order chi connectivity index (χ1) is 4.31. The van der Waals surface area contributed by atoms with Gasteiger partial charge < -0.3 is 0 Å². The maximum atomic E-state index is 9.77. The fourth-order valence-corrected chi connectivity index (χ4v) is 0.896. The normalized spacial score (nSPS) is 9.11. The van der Waals surface area contributed by atoms with Gasteiger partial charge in [-0.25, -0.2) is 0 Å². The van der Waals surface area contributed by atoms with Crippen molar-refractivity contribution >= 4 is 11.8 Å². The van der Waals surface area contributed by atoms with Gasteiger partial charge in [-0.1, -0.05) is 0 Å². The Morgan fingerprint density at radius 1 is 1.67 bits per heavy atom. The highest BCUT2D eigenvalue weighted by Crippen LogP contribution is 1.96. The molecular formula is C5H12N2OS. The van der Waals surface area contributed by atoms with Crippen molar-refractivity contribution in [1.82, 2.24) is 5.01 Å². The van der Waals surface area contributed by atoms with Gasteiger partial charge in [-0.3, -0.25) is 5.01 Å². The minimum Gasteiger partial charge on any atom is -0.264 e. The van der Waals surface area contributed by atoms with E-state index in [0.717, 1.165) is 18.7 Å². The second-order valence-corrected chi connectivity index (χ2v) is 2.79. The van der Waals surface area contributed by atoms with Gasteiger partial charge in [-0.05, 0) is 18.4 Å². The standard InChI is InChI=1S/C5H12N2OS/c1-7(6-8)4-3-5-9-2/h3-5H2,1-2H3. The van der Waals surface area contributed by atoms with E-state index in [2.05, 4.69) is 5.29 Å². The summed E-state index contributed by atoms with van der Waals surface area (Å²) in [5, 5.41) is 4.15. The molecule has 0 aliphatic carbocycles. The van der Waals surface area contributed by atoms with Crippen molar-refractivity contribution in [2.45, 2.75) is 6.42 Å². The van der Waals surface area contributed by atoms with Crippen molar-refractivity contribution in [2.75, 3.05) is 25.6 Å². The van der Waals surface area contributed by atoms with Gasteiger partial charge in [-0.2, -0.15) is 11.8 Å². The fraction of sp³-hybridized carbons (Fsp3) is 1.00. The number of rotatable bonds is 5. The molecule has 3 nitrogen and oxygen atoms in total. The van der Waals surface area contributed by atoms with E-state index in [1.54, 1.807) is 18.8 Å². The lowest BCUT2D eigenvalue weighted by Crippen LogP contribution is -2.11. The molecule has 0 radical (unpaired) electrons. The van der Waals surface area contributed by atoms with Crippen LogP contribution in [0.5, 0.6) is 0 Å². The second-order valence-electron chi connectivity index (χ2n) is 1.81. The Balaban J connectivity index is 2.96. The van der Waals surface area contributed by atoms with E-state index in [1.165, 1.54) is 5.01 Å². The van der Waals surface area contributed by atoms with E-state index >= 15 is 0 Å². The van der Waals surface area contributed by atoms with Gasteiger partial charge in [-0.15, -0.1) is 4.91 Å². The number of hydrogen-bond acceptors (Lipinski definition) is 3. The summed E-state index contributed by atoms with van der Waals surface area (Å²) in [4.78, 5) is 9.77. The molecule has 0 bridgehead atoms. The molecule has 0 unspecified atom stereocenters. The largest absolute Gasteiger partial charge is 0.264 e. The average Bonchev–Trinajstić information content (AvgIpc) is 1.89. The van der Waals surface area contributed by atoms with E-state index < -0.39 is 0 Å². The molecule has 0 aromatic heterocycles. The van der Waals surface area contributed by atoms with Crippen LogP contribution in [0.25, 0.3) is 0 Å². The zero-order chi connectivity index (χ0) is 7.11. The maximum absolute atomic E-state index is 9.77. The lowest BCUT2D eigenvalue weighted by Gasteiger charge is -2.05. The Morgan fingerprint density at radius 2 is 2.33 bits per heavy atom. The van der Waals surface area contributed by atoms with Crippen molar-refractivity contribution in [2.24, 2.45) is 5.29 Å². The van der Waals surface area contributed by atoms with Crippen molar-refractivity contribution < 1.29 is 0 Å². The van der Waals surface area contributed by atoms with Crippen molar-refractivity contribution in [3.8, 4) is 0 Å². The topological polar surface area (TPSA) is 32.7 Å². The van der Waals surface area contributed by atoms with Gasteiger partial charge in [0.25, 0.3) is 0 Å². The molecule has 0 rings (SSSR count). The molecular weight excluding hydrogens is 136 g/mol. The minimum atomic E-state index is 0.768. The molecule has 0 N–H and O–H groups in total. The lowest BCUT2D eigenvalue weighted by atomic mass is 10.5. The highest BCUT2D eigenvalue weighted by atomic mass is 32.2. The molecule has 0 aliphatic heterocycles. The highest BCUT2D eigenvalue weighted by molar-refractivity contribution is 7.98. The van der Waals surface area contributed by atoms with Crippen LogP contribution in [0.3, 0.4) is 0 Å². The Bertz CT molecular complexity index is 79.4. The molecule has 0 fully saturated rings. The molecule has 0 heterocycles. The average molecular weight is 148 g/mol. The summed E-state index contributed by atoms with van der Waals surface area (Å²) in [6, 6.07) is 0.